The summed E-state index contributed by atoms with van der Waals surface area (Å²) in [4.78, 5) is 11.3. The van der Waals surface area contributed by atoms with E-state index >= 15 is 0 Å². The monoisotopic (exact) mass is 304 g/mol. The topological polar surface area (TPSA) is 52.6 Å². The summed E-state index contributed by atoms with van der Waals surface area (Å²) in [5, 5.41) is 9.02. The molecule has 0 radical (unpaired) electrons. The summed E-state index contributed by atoms with van der Waals surface area (Å²) in [5.41, 5.74) is 3.40. The molecule has 0 aromatic heterocycles. The quantitative estimate of drug-likeness (QED) is 0.648. The number of rotatable bonds is 5. The molecule has 0 aliphatic rings. The fourth-order valence-electron chi connectivity index (χ4n) is 1.12. The highest BCUT2D eigenvalue weighted by atomic mass is 79.9. The second-order valence-electron chi connectivity index (χ2n) is 3.12. The van der Waals surface area contributed by atoms with Crippen LogP contribution in [0.25, 0.3) is 0 Å². The van der Waals surface area contributed by atoms with E-state index in [2.05, 4.69) is 21.4 Å². The molecule has 1 aromatic rings. The number of halogens is 1. The van der Waals surface area contributed by atoms with Gasteiger partial charge in [-0.1, -0.05) is 28.1 Å². The highest BCUT2D eigenvalue weighted by molar-refractivity contribution is 9.10. The zero-order chi connectivity index (χ0) is 12.0. The Hall–Kier alpha value is -0.560. The minimum atomic E-state index is -0.209. The zero-order valence-corrected chi connectivity index (χ0v) is 11.2. The average Bonchev–Trinajstić information content (AvgIpc) is 2.28. The molecule has 1 amide bonds. The number of amides is 1. The minimum Gasteiger partial charge on any atom is -0.285 e. The molecule has 0 heterocycles. The van der Waals surface area contributed by atoms with Gasteiger partial charge in [0.15, 0.2) is 0 Å². The molecule has 0 fully saturated rings. The van der Waals surface area contributed by atoms with E-state index in [0.29, 0.717) is 17.4 Å². The lowest BCUT2D eigenvalue weighted by Gasteiger charge is -2.11. The van der Waals surface area contributed by atoms with Crippen molar-refractivity contribution in [2.75, 3.05) is 6.26 Å². The first kappa shape index (κ1) is 13.5. The Morgan fingerprint density at radius 1 is 1.50 bits per heavy atom. The maximum Gasteiger partial charge on any atom is 0.237 e. The van der Waals surface area contributed by atoms with E-state index in [9.17, 15) is 4.79 Å². The number of hydrogen-bond donors (Lipinski definition) is 2. The van der Waals surface area contributed by atoms with E-state index in [1.807, 2.05) is 24.3 Å². The van der Waals surface area contributed by atoms with E-state index in [4.69, 9.17) is 5.21 Å². The SMILES string of the molecule is CSN(O)NC(=O)CCc1ccc(Br)cc1. The van der Waals surface area contributed by atoms with Gasteiger partial charge in [0, 0.05) is 17.1 Å². The number of hydrazine groups is 1. The summed E-state index contributed by atoms with van der Waals surface area (Å²) in [6.45, 7) is 0. The average molecular weight is 305 g/mol. The lowest BCUT2D eigenvalue weighted by Crippen LogP contribution is -2.34. The molecule has 88 valence electrons. The van der Waals surface area contributed by atoms with E-state index in [1.165, 1.54) is 0 Å². The van der Waals surface area contributed by atoms with Gasteiger partial charge in [-0.15, -0.1) is 0 Å². The Morgan fingerprint density at radius 3 is 2.69 bits per heavy atom. The third-order valence-corrected chi connectivity index (χ3v) is 2.91. The smallest absolute Gasteiger partial charge is 0.237 e. The van der Waals surface area contributed by atoms with Gasteiger partial charge in [-0.3, -0.25) is 15.4 Å². The van der Waals surface area contributed by atoms with Gasteiger partial charge in [-0.2, -0.15) is 0 Å². The third-order valence-electron chi connectivity index (χ3n) is 1.95. The molecule has 16 heavy (non-hydrogen) atoms. The minimum absolute atomic E-state index is 0.209. The van der Waals surface area contributed by atoms with Crippen molar-refractivity contribution in [1.29, 1.82) is 0 Å². The molecule has 0 bridgehead atoms. The van der Waals surface area contributed by atoms with Crippen LogP contribution in [-0.4, -0.2) is 21.9 Å². The molecule has 0 spiro atoms. The van der Waals surface area contributed by atoms with Crippen LogP contribution in [0.4, 0.5) is 0 Å². The maximum atomic E-state index is 11.3. The van der Waals surface area contributed by atoms with Crippen LogP contribution in [0.5, 0.6) is 0 Å². The summed E-state index contributed by atoms with van der Waals surface area (Å²) in [6.07, 6.45) is 2.66. The zero-order valence-electron chi connectivity index (χ0n) is 8.81. The first-order chi connectivity index (χ1) is 7.61. The van der Waals surface area contributed by atoms with Crippen LogP contribution < -0.4 is 5.43 Å². The molecule has 2 N–H and O–H groups in total. The van der Waals surface area contributed by atoms with Gasteiger partial charge in [0.25, 0.3) is 0 Å². The van der Waals surface area contributed by atoms with Crippen LogP contribution in [0.2, 0.25) is 0 Å². The molecule has 0 saturated heterocycles. The Labute approximate surface area is 107 Å². The summed E-state index contributed by atoms with van der Waals surface area (Å²) in [6, 6.07) is 7.80. The van der Waals surface area contributed by atoms with Gasteiger partial charge in [-0.25, -0.2) is 0 Å². The number of carbonyl (C=O) groups is 1. The fourth-order valence-corrected chi connectivity index (χ4v) is 1.57. The van der Waals surface area contributed by atoms with Crippen molar-refractivity contribution in [2.24, 2.45) is 0 Å². The van der Waals surface area contributed by atoms with Crippen molar-refractivity contribution in [3.8, 4) is 0 Å². The molecular weight excluding hydrogens is 292 g/mol. The van der Waals surface area contributed by atoms with Crippen molar-refractivity contribution < 1.29 is 10.0 Å². The lowest BCUT2D eigenvalue weighted by molar-refractivity contribution is -0.133. The fraction of sp³-hybridized carbons (Fsp3) is 0.300. The van der Waals surface area contributed by atoms with Crippen molar-refractivity contribution in [2.45, 2.75) is 12.8 Å². The number of nitrogens with zero attached hydrogens (tertiary/aromatic N) is 1. The number of hydrogen-bond acceptors (Lipinski definition) is 4. The van der Waals surface area contributed by atoms with E-state index < -0.39 is 0 Å². The lowest BCUT2D eigenvalue weighted by atomic mass is 10.1. The van der Waals surface area contributed by atoms with Gasteiger partial charge in [0.1, 0.15) is 0 Å². The van der Waals surface area contributed by atoms with Gasteiger partial charge in [0.2, 0.25) is 5.91 Å². The van der Waals surface area contributed by atoms with E-state index in [-0.39, 0.29) is 5.91 Å². The predicted molar refractivity (Wildman–Crippen MR) is 67.7 cm³/mol. The van der Waals surface area contributed by atoms with Crippen LogP contribution in [0.15, 0.2) is 28.7 Å². The number of carbonyl (C=O) groups excluding carboxylic acids is 1. The maximum absolute atomic E-state index is 11.3. The standard InChI is InChI=1S/C10H13BrN2O2S/c1-16-13(15)12-10(14)7-4-8-2-5-9(11)6-3-8/h2-3,5-6,15H,4,7H2,1H3,(H,12,14). The van der Waals surface area contributed by atoms with Crippen LogP contribution in [-0.2, 0) is 11.2 Å². The first-order valence-electron chi connectivity index (χ1n) is 4.69. The number of nitrogens with one attached hydrogen (secondary N) is 1. The molecule has 1 aromatic carbocycles. The van der Waals surface area contributed by atoms with Crippen LogP contribution >= 0.6 is 27.9 Å². The van der Waals surface area contributed by atoms with Gasteiger partial charge in [0.05, 0.1) is 0 Å². The van der Waals surface area contributed by atoms with Crippen LogP contribution in [0, 0.1) is 0 Å². The van der Waals surface area contributed by atoms with Crippen molar-refractivity contribution in [3.05, 3.63) is 34.3 Å². The Morgan fingerprint density at radius 2 is 2.12 bits per heavy atom. The third kappa shape index (κ3) is 4.98. The first-order valence-corrected chi connectivity index (χ1v) is 6.66. The highest BCUT2D eigenvalue weighted by Gasteiger charge is 2.05. The Balaban J connectivity index is 2.34. The molecule has 0 aliphatic heterocycles. The molecule has 4 nitrogen and oxygen atoms in total. The van der Waals surface area contributed by atoms with Gasteiger partial charge >= 0.3 is 0 Å². The Kier molecular flexibility index (Phi) is 5.83. The molecule has 0 saturated carbocycles. The van der Waals surface area contributed by atoms with Gasteiger partial charge in [-0.05, 0) is 40.6 Å². The van der Waals surface area contributed by atoms with Crippen LogP contribution in [0.3, 0.4) is 0 Å². The van der Waals surface area contributed by atoms with E-state index in [1.54, 1.807) is 6.26 Å². The molecule has 0 unspecified atom stereocenters. The highest BCUT2D eigenvalue weighted by Crippen LogP contribution is 2.11. The molecule has 6 heteroatoms. The Bertz CT molecular complexity index is 345. The number of aryl methyl sites for hydroxylation is 1. The van der Waals surface area contributed by atoms with Crippen LogP contribution in [0.1, 0.15) is 12.0 Å². The second kappa shape index (κ2) is 6.90. The summed E-state index contributed by atoms with van der Waals surface area (Å²) >= 11 is 4.37. The summed E-state index contributed by atoms with van der Waals surface area (Å²) < 4.78 is 1.72. The summed E-state index contributed by atoms with van der Waals surface area (Å²) in [7, 11) is 0. The van der Waals surface area contributed by atoms with Gasteiger partial charge < -0.3 is 0 Å². The second-order valence-corrected chi connectivity index (χ2v) is 4.74. The van der Waals surface area contributed by atoms with Crippen molar-refractivity contribution in [1.82, 2.24) is 10.0 Å². The van der Waals surface area contributed by atoms with Crippen molar-refractivity contribution in [3.63, 3.8) is 0 Å². The van der Waals surface area contributed by atoms with E-state index in [0.717, 1.165) is 22.0 Å². The molecule has 0 aliphatic carbocycles. The molecule has 0 atom stereocenters. The number of benzene rings is 1. The molecular formula is C10H13BrN2O2S. The van der Waals surface area contributed by atoms with Crippen molar-refractivity contribution >= 4 is 33.8 Å². The summed E-state index contributed by atoms with van der Waals surface area (Å²) in [5.74, 6) is -0.209. The largest absolute Gasteiger partial charge is 0.285 e. The predicted octanol–water partition coefficient (Wildman–Crippen LogP) is 2.38. The normalized spacial score (nSPS) is 10.5. The molecule has 1 rings (SSSR count).